The molecule has 0 bridgehead atoms. The number of hydrogen-bond donors (Lipinski definition) is 3. The van der Waals surface area contributed by atoms with Gasteiger partial charge in [-0.3, -0.25) is 9.89 Å². The van der Waals surface area contributed by atoms with Gasteiger partial charge in [0.15, 0.2) is 0 Å². The van der Waals surface area contributed by atoms with Gasteiger partial charge in [0.05, 0.1) is 17.8 Å². The fraction of sp³-hybridized carbons (Fsp3) is 0.125. The van der Waals surface area contributed by atoms with E-state index in [2.05, 4.69) is 15.5 Å². The molecule has 0 aliphatic carbocycles. The number of aliphatic hydroxyl groups is 1. The summed E-state index contributed by atoms with van der Waals surface area (Å²) in [7, 11) is 0. The normalized spacial score (nSPS) is 12.2. The van der Waals surface area contributed by atoms with E-state index in [1.807, 2.05) is 36.4 Å². The summed E-state index contributed by atoms with van der Waals surface area (Å²) in [5, 5.41) is 20.5. The fourth-order valence-electron chi connectivity index (χ4n) is 2.16. The van der Waals surface area contributed by atoms with Crippen LogP contribution in [0.5, 0.6) is 0 Å². The first kappa shape index (κ1) is 13.3. The summed E-state index contributed by atoms with van der Waals surface area (Å²) in [5.41, 5.74) is 2.13. The van der Waals surface area contributed by atoms with Gasteiger partial charge in [-0.15, -0.1) is 0 Å². The van der Waals surface area contributed by atoms with Crippen molar-refractivity contribution in [2.24, 2.45) is 0 Å². The highest BCUT2D eigenvalue weighted by Gasteiger charge is 2.11. The molecule has 0 aliphatic heterocycles. The number of carbonyl (C=O) groups excluding carboxylic acids is 1. The lowest BCUT2D eigenvalue weighted by Crippen LogP contribution is -2.28. The van der Waals surface area contributed by atoms with Crippen molar-refractivity contribution in [3.05, 3.63) is 65.9 Å². The van der Waals surface area contributed by atoms with Gasteiger partial charge in [-0.1, -0.05) is 36.4 Å². The average Bonchev–Trinajstić information content (AvgIpc) is 3.00. The Hall–Kier alpha value is -2.66. The van der Waals surface area contributed by atoms with Gasteiger partial charge in [0.2, 0.25) is 0 Å². The Morgan fingerprint density at radius 2 is 2.05 bits per heavy atom. The maximum atomic E-state index is 12.1. The molecule has 1 heterocycles. The predicted octanol–water partition coefficient (Wildman–Crippen LogP) is 2.03. The summed E-state index contributed by atoms with van der Waals surface area (Å²) < 4.78 is 0. The second kappa shape index (κ2) is 5.76. The van der Waals surface area contributed by atoms with Crippen LogP contribution in [0.15, 0.2) is 54.7 Å². The molecule has 2 aromatic carbocycles. The van der Waals surface area contributed by atoms with Crippen LogP contribution in [-0.2, 0) is 0 Å². The van der Waals surface area contributed by atoms with Crippen LogP contribution >= 0.6 is 0 Å². The zero-order chi connectivity index (χ0) is 14.7. The van der Waals surface area contributed by atoms with Crippen LogP contribution in [0.4, 0.5) is 0 Å². The van der Waals surface area contributed by atoms with Crippen LogP contribution in [0.2, 0.25) is 0 Å². The Labute approximate surface area is 121 Å². The quantitative estimate of drug-likeness (QED) is 0.684. The first-order chi connectivity index (χ1) is 10.2. The summed E-state index contributed by atoms with van der Waals surface area (Å²) in [6, 6.07) is 14.6. The van der Waals surface area contributed by atoms with E-state index < -0.39 is 6.10 Å². The van der Waals surface area contributed by atoms with Crippen molar-refractivity contribution >= 4 is 16.8 Å². The van der Waals surface area contributed by atoms with Gasteiger partial charge >= 0.3 is 0 Å². The number of rotatable bonds is 4. The second-order valence-electron chi connectivity index (χ2n) is 4.81. The summed E-state index contributed by atoms with van der Waals surface area (Å²) >= 11 is 0. The Morgan fingerprint density at radius 3 is 2.86 bits per heavy atom. The number of amides is 1. The maximum Gasteiger partial charge on any atom is 0.251 e. The Bertz CT molecular complexity index is 752. The molecule has 1 amide bonds. The molecule has 1 unspecified atom stereocenters. The van der Waals surface area contributed by atoms with Crippen molar-refractivity contribution in [2.75, 3.05) is 6.54 Å². The molecule has 0 radical (unpaired) electrons. The first-order valence-electron chi connectivity index (χ1n) is 6.68. The molecule has 0 fully saturated rings. The molecule has 0 saturated carbocycles. The van der Waals surface area contributed by atoms with Crippen molar-refractivity contribution in [1.29, 1.82) is 0 Å². The summed E-state index contributed by atoms with van der Waals surface area (Å²) in [5.74, 6) is -0.221. The molecule has 3 N–H and O–H groups in total. The van der Waals surface area contributed by atoms with Crippen molar-refractivity contribution in [2.45, 2.75) is 6.10 Å². The third-order valence-electron chi connectivity index (χ3n) is 3.34. The van der Waals surface area contributed by atoms with Crippen LogP contribution in [0.25, 0.3) is 10.9 Å². The van der Waals surface area contributed by atoms with Crippen LogP contribution in [0.1, 0.15) is 22.0 Å². The zero-order valence-electron chi connectivity index (χ0n) is 11.3. The van der Waals surface area contributed by atoms with E-state index in [1.54, 1.807) is 18.3 Å². The van der Waals surface area contributed by atoms with Gasteiger partial charge in [0, 0.05) is 17.5 Å². The molecule has 21 heavy (non-hydrogen) atoms. The molecule has 0 saturated heterocycles. The lowest BCUT2D eigenvalue weighted by atomic mass is 10.1. The highest BCUT2D eigenvalue weighted by Crippen LogP contribution is 2.14. The summed E-state index contributed by atoms with van der Waals surface area (Å²) in [4.78, 5) is 12.1. The van der Waals surface area contributed by atoms with Crippen molar-refractivity contribution in [3.63, 3.8) is 0 Å². The van der Waals surface area contributed by atoms with E-state index in [4.69, 9.17) is 0 Å². The number of nitrogens with zero attached hydrogens (tertiary/aromatic N) is 1. The van der Waals surface area contributed by atoms with E-state index in [9.17, 15) is 9.90 Å². The molecule has 0 aliphatic rings. The number of nitrogens with one attached hydrogen (secondary N) is 2. The third kappa shape index (κ3) is 2.93. The van der Waals surface area contributed by atoms with E-state index >= 15 is 0 Å². The molecule has 1 aromatic heterocycles. The van der Waals surface area contributed by atoms with Gasteiger partial charge in [0.1, 0.15) is 0 Å². The minimum atomic E-state index is -0.717. The number of fused-ring (bicyclic) bond motifs is 1. The second-order valence-corrected chi connectivity index (χ2v) is 4.81. The molecular formula is C16H15N3O2. The van der Waals surface area contributed by atoms with E-state index in [0.29, 0.717) is 5.56 Å². The van der Waals surface area contributed by atoms with Gasteiger partial charge < -0.3 is 10.4 Å². The number of hydrogen-bond acceptors (Lipinski definition) is 3. The van der Waals surface area contributed by atoms with E-state index in [1.165, 1.54) is 0 Å². The predicted molar refractivity (Wildman–Crippen MR) is 79.8 cm³/mol. The molecule has 3 rings (SSSR count). The Kier molecular flexibility index (Phi) is 3.66. The SMILES string of the molecule is O=C(NCC(O)c1ccccc1)c1ccc2cn[nH]c2c1. The van der Waals surface area contributed by atoms with Crippen molar-refractivity contribution in [1.82, 2.24) is 15.5 Å². The number of aromatic nitrogens is 2. The fourth-order valence-corrected chi connectivity index (χ4v) is 2.16. The van der Waals surface area contributed by atoms with Crippen molar-refractivity contribution < 1.29 is 9.90 Å². The molecule has 0 spiro atoms. The molecule has 1 atom stereocenters. The van der Waals surface area contributed by atoms with Gasteiger partial charge in [-0.25, -0.2) is 0 Å². The van der Waals surface area contributed by atoms with Crippen LogP contribution in [0.3, 0.4) is 0 Å². The lowest BCUT2D eigenvalue weighted by molar-refractivity contribution is 0.0916. The Morgan fingerprint density at radius 1 is 1.24 bits per heavy atom. The Balaban J connectivity index is 1.66. The molecule has 5 heteroatoms. The lowest BCUT2D eigenvalue weighted by Gasteiger charge is -2.12. The van der Waals surface area contributed by atoms with Gasteiger partial charge in [-0.2, -0.15) is 5.10 Å². The van der Waals surface area contributed by atoms with E-state index in [-0.39, 0.29) is 12.5 Å². The molecular weight excluding hydrogens is 266 g/mol. The standard InChI is InChI=1S/C16H15N3O2/c20-15(11-4-2-1-3-5-11)10-17-16(21)12-6-7-13-9-18-19-14(13)8-12/h1-9,15,20H,10H2,(H,17,21)(H,18,19). The summed E-state index contributed by atoms with van der Waals surface area (Å²) in [6.07, 6.45) is 0.988. The highest BCUT2D eigenvalue weighted by molar-refractivity contribution is 5.97. The highest BCUT2D eigenvalue weighted by atomic mass is 16.3. The smallest absolute Gasteiger partial charge is 0.251 e. The molecule has 5 nitrogen and oxygen atoms in total. The minimum absolute atomic E-state index is 0.170. The monoisotopic (exact) mass is 281 g/mol. The number of benzene rings is 2. The zero-order valence-corrected chi connectivity index (χ0v) is 11.3. The van der Waals surface area contributed by atoms with Crippen LogP contribution in [0, 0.1) is 0 Å². The molecule has 3 aromatic rings. The largest absolute Gasteiger partial charge is 0.387 e. The van der Waals surface area contributed by atoms with Crippen molar-refractivity contribution in [3.8, 4) is 0 Å². The number of carbonyl (C=O) groups is 1. The van der Waals surface area contributed by atoms with E-state index in [0.717, 1.165) is 16.5 Å². The topological polar surface area (TPSA) is 78.0 Å². The van der Waals surface area contributed by atoms with Gasteiger partial charge in [-0.05, 0) is 17.7 Å². The number of H-pyrrole nitrogens is 1. The maximum absolute atomic E-state index is 12.1. The summed E-state index contributed by atoms with van der Waals surface area (Å²) in [6.45, 7) is 0.170. The molecule has 106 valence electrons. The number of aliphatic hydroxyl groups excluding tert-OH is 1. The van der Waals surface area contributed by atoms with Crippen LogP contribution < -0.4 is 5.32 Å². The third-order valence-corrected chi connectivity index (χ3v) is 3.34. The minimum Gasteiger partial charge on any atom is -0.387 e. The first-order valence-corrected chi connectivity index (χ1v) is 6.68. The van der Waals surface area contributed by atoms with Crippen LogP contribution in [-0.4, -0.2) is 27.8 Å². The van der Waals surface area contributed by atoms with Gasteiger partial charge in [0.25, 0.3) is 5.91 Å². The average molecular weight is 281 g/mol. The number of aromatic amines is 1.